The van der Waals surface area contributed by atoms with Crippen molar-refractivity contribution in [3.05, 3.63) is 11.8 Å². The van der Waals surface area contributed by atoms with Gasteiger partial charge in [-0.05, 0) is 26.2 Å². The maximum atomic E-state index is 12.2. The molecule has 3 aliphatic rings. The zero-order chi connectivity index (χ0) is 17.4. The van der Waals surface area contributed by atoms with Crippen molar-refractivity contribution >= 4 is 11.9 Å². The maximum absolute atomic E-state index is 12.2. The molecule has 3 fully saturated rings. The average molecular weight is 348 g/mol. The van der Waals surface area contributed by atoms with Gasteiger partial charge < -0.3 is 20.4 Å². The SMILES string of the molecule is CCNC(=O)N[C@H]1C[C@H]2C(=O)NC[C@@H](Cc3nnc(C4CC4)o3)N2C1. The van der Waals surface area contributed by atoms with E-state index in [2.05, 4.69) is 31.0 Å². The highest BCUT2D eigenvalue weighted by Crippen LogP contribution is 2.39. The van der Waals surface area contributed by atoms with Crippen LogP contribution in [-0.4, -0.2) is 64.8 Å². The first-order valence-electron chi connectivity index (χ1n) is 9.04. The lowest BCUT2D eigenvalue weighted by Crippen LogP contribution is -2.58. The summed E-state index contributed by atoms with van der Waals surface area (Å²) in [5, 5.41) is 16.9. The number of hydrogen-bond donors (Lipinski definition) is 3. The van der Waals surface area contributed by atoms with E-state index in [1.54, 1.807) is 0 Å². The third-order valence-electron chi connectivity index (χ3n) is 5.11. The average Bonchev–Trinajstić information content (AvgIpc) is 3.17. The molecular formula is C16H24N6O3. The smallest absolute Gasteiger partial charge is 0.315 e. The first kappa shape index (κ1) is 16.3. The van der Waals surface area contributed by atoms with Gasteiger partial charge in [-0.2, -0.15) is 0 Å². The lowest BCUT2D eigenvalue weighted by Gasteiger charge is -2.36. The minimum absolute atomic E-state index is 0.0284. The molecule has 1 saturated carbocycles. The summed E-state index contributed by atoms with van der Waals surface area (Å²) in [4.78, 5) is 26.1. The minimum atomic E-state index is -0.212. The van der Waals surface area contributed by atoms with Gasteiger partial charge in [0.05, 0.1) is 6.04 Å². The molecule has 0 bridgehead atoms. The van der Waals surface area contributed by atoms with Crippen molar-refractivity contribution in [1.82, 2.24) is 31.0 Å². The number of amides is 3. The maximum Gasteiger partial charge on any atom is 0.315 e. The Morgan fingerprint density at radius 2 is 2.24 bits per heavy atom. The molecule has 2 aliphatic heterocycles. The first-order chi connectivity index (χ1) is 12.1. The number of fused-ring (bicyclic) bond motifs is 1. The fraction of sp³-hybridized carbons (Fsp3) is 0.750. The summed E-state index contributed by atoms with van der Waals surface area (Å²) < 4.78 is 5.77. The first-order valence-corrected chi connectivity index (χ1v) is 9.04. The molecule has 9 heteroatoms. The fourth-order valence-corrected chi connectivity index (χ4v) is 3.71. The van der Waals surface area contributed by atoms with E-state index in [-0.39, 0.29) is 30.1 Å². The van der Waals surface area contributed by atoms with Crippen molar-refractivity contribution in [2.75, 3.05) is 19.6 Å². The van der Waals surface area contributed by atoms with E-state index in [9.17, 15) is 9.59 Å². The number of nitrogens with one attached hydrogen (secondary N) is 3. The Morgan fingerprint density at radius 1 is 1.40 bits per heavy atom. The van der Waals surface area contributed by atoms with Gasteiger partial charge in [0.15, 0.2) is 0 Å². The molecular weight excluding hydrogens is 324 g/mol. The second kappa shape index (κ2) is 6.62. The molecule has 0 radical (unpaired) electrons. The van der Waals surface area contributed by atoms with Crippen molar-refractivity contribution in [2.45, 2.75) is 56.7 Å². The molecule has 3 N–H and O–H groups in total. The summed E-state index contributed by atoms with van der Waals surface area (Å²) in [5.74, 6) is 1.84. The van der Waals surface area contributed by atoms with Gasteiger partial charge in [0.1, 0.15) is 0 Å². The molecule has 0 aromatic carbocycles. The highest BCUT2D eigenvalue weighted by atomic mass is 16.4. The fourth-order valence-electron chi connectivity index (χ4n) is 3.71. The molecule has 3 amide bonds. The van der Waals surface area contributed by atoms with Crippen LogP contribution in [0.5, 0.6) is 0 Å². The Kier molecular flexibility index (Phi) is 4.32. The van der Waals surface area contributed by atoms with Crippen LogP contribution in [0.15, 0.2) is 4.42 Å². The molecule has 0 spiro atoms. The van der Waals surface area contributed by atoms with E-state index in [1.807, 2.05) is 6.92 Å². The second-order valence-corrected chi connectivity index (χ2v) is 7.06. The molecule has 3 heterocycles. The molecule has 1 aliphatic carbocycles. The molecule has 1 aromatic heterocycles. The van der Waals surface area contributed by atoms with E-state index >= 15 is 0 Å². The van der Waals surface area contributed by atoms with Crippen LogP contribution in [-0.2, 0) is 11.2 Å². The summed E-state index contributed by atoms with van der Waals surface area (Å²) in [6.45, 7) is 3.67. The molecule has 136 valence electrons. The van der Waals surface area contributed by atoms with Crippen molar-refractivity contribution in [2.24, 2.45) is 0 Å². The number of nitrogens with zero attached hydrogens (tertiary/aromatic N) is 3. The Hall–Kier alpha value is -2.16. The second-order valence-electron chi connectivity index (χ2n) is 7.06. The molecule has 3 atom stereocenters. The predicted octanol–water partition coefficient (Wildman–Crippen LogP) is -0.250. The van der Waals surface area contributed by atoms with Crippen LogP contribution in [0.25, 0.3) is 0 Å². The van der Waals surface area contributed by atoms with Gasteiger partial charge in [0, 0.05) is 44.1 Å². The van der Waals surface area contributed by atoms with Gasteiger partial charge in [-0.3, -0.25) is 9.69 Å². The molecule has 4 rings (SSSR count). The van der Waals surface area contributed by atoms with Gasteiger partial charge in [0.2, 0.25) is 17.7 Å². The Bertz CT molecular complexity index is 658. The molecule has 1 aromatic rings. The summed E-state index contributed by atoms with van der Waals surface area (Å²) >= 11 is 0. The summed E-state index contributed by atoms with van der Waals surface area (Å²) in [7, 11) is 0. The van der Waals surface area contributed by atoms with Crippen LogP contribution in [0, 0.1) is 0 Å². The standard InChI is InChI=1S/C16H24N6O3/c1-2-17-16(24)19-10-5-12-14(23)18-7-11(22(12)8-10)6-13-20-21-15(25-13)9-3-4-9/h9-12H,2-8H2,1H3,(H,18,23)(H2,17,19,24)/t10-,11+,12-/m0/s1. The third-order valence-corrected chi connectivity index (χ3v) is 5.11. The number of rotatable bonds is 5. The molecule has 25 heavy (non-hydrogen) atoms. The monoisotopic (exact) mass is 348 g/mol. The van der Waals surface area contributed by atoms with Crippen molar-refractivity contribution in [1.29, 1.82) is 0 Å². The van der Waals surface area contributed by atoms with Crippen LogP contribution < -0.4 is 16.0 Å². The lowest BCUT2D eigenvalue weighted by molar-refractivity contribution is -0.129. The van der Waals surface area contributed by atoms with Gasteiger partial charge >= 0.3 is 6.03 Å². The molecule has 0 unspecified atom stereocenters. The number of carbonyl (C=O) groups is 2. The zero-order valence-corrected chi connectivity index (χ0v) is 14.3. The Balaban J connectivity index is 1.40. The quantitative estimate of drug-likeness (QED) is 0.676. The van der Waals surface area contributed by atoms with E-state index in [0.29, 0.717) is 44.3 Å². The van der Waals surface area contributed by atoms with Crippen LogP contribution in [0.4, 0.5) is 4.79 Å². The normalized spacial score (nSPS) is 29.2. The third kappa shape index (κ3) is 3.46. The van der Waals surface area contributed by atoms with E-state index in [1.165, 1.54) is 0 Å². The highest BCUT2D eigenvalue weighted by molar-refractivity contribution is 5.83. The minimum Gasteiger partial charge on any atom is -0.425 e. The van der Waals surface area contributed by atoms with E-state index in [0.717, 1.165) is 18.7 Å². The number of urea groups is 1. The number of carbonyl (C=O) groups excluding carboxylic acids is 2. The van der Waals surface area contributed by atoms with E-state index in [4.69, 9.17) is 4.42 Å². The zero-order valence-electron chi connectivity index (χ0n) is 14.3. The summed E-state index contributed by atoms with van der Waals surface area (Å²) in [6.07, 6.45) is 3.49. The lowest BCUT2D eigenvalue weighted by atomic mass is 10.1. The van der Waals surface area contributed by atoms with Gasteiger partial charge in [-0.15, -0.1) is 10.2 Å². The number of piperazine rings is 1. The summed E-state index contributed by atoms with van der Waals surface area (Å²) in [6, 6.07) is -0.323. The largest absolute Gasteiger partial charge is 0.425 e. The van der Waals surface area contributed by atoms with Gasteiger partial charge in [0.25, 0.3) is 0 Å². The van der Waals surface area contributed by atoms with Crippen LogP contribution in [0.2, 0.25) is 0 Å². The van der Waals surface area contributed by atoms with Gasteiger partial charge in [-0.1, -0.05) is 0 Å². The van der Waals surface area contributed by atoms with Gasteiger partial charge in [-0.25, -0.2) is 4.79 Å². The number of hydrogen-bond acceptors (Lipinski definition) is 6. The Labute approximate surface area is 145 Å². The van der Waals surface area contributed by atoms with Crippen LogP contribution in [0.1, 0.15) is 43.9 Å². The molecule has 9 nitrogen and oxygen atoms in total. The van der Waals surface area contributed by atoms with Crippen LogP contribution >= 0.6 is 0 Å². The van der Waals surface area contributed by atoms with Crippen LogP contribution in [0.3, 0.4) is 0 Å². The van der Waals surface area contributed by atoms with Crippen molar-refractivity contribution < 1.29 is 14.0 Å². The van der Waals surface area contributed by atoms with Crippen molar-refractivity contribution in [3.63, 3.8) is 0 Å². The molecule has 2 saturated heterocycles. The van der Waals surface area contributed by atoms with Crippen molar-refractivity contribution in [3.8, 4) is 0 Å². The highest BCUT2D eigenvalue weighted by Gasteiger charge is 2.44. The predicted molar refractivity (Wildman–Crippen MR) is 87.9 cm³/mol. The number of aromatic nitrogens is 2. The summed E-state index contributed by atoms with van der Waals surface area (Å²) in [5.41, 5.74) is 0. The topological polar surface area (TPSA) is 112 Å². The Morgan fingerprint density at radius 3 is 3.00 bits per heavy atom. The van der Waals surface area contributed by atoms with E-state index < -0.39 is 0 Å².